The highest BCUT2D eigenvalue weighted by atomic mass is 15.0. The molecule has 0 unspecified atom stereocenters. The summed E-state index contributed by atoms with van der Waals surface area (Å²) >= 11 is 0. The zero-order chi connectivity index (χ0) is 33.8. The van der Waals surface area contributed by atoms with Gasteiger partial charge in [-0.25, -0.2) is 0 Å². The van der Waals surface area contributed by atoms with Crippen molar-refractivity contribution < 1.29 is 0 Å². The molecule has 9 aromatic rings. The molecule has 0 amide bonds. The first-order valence-electron chi connectivity index (χ1n) is 16.3. The van der Waals surface area contributed by atoms with Gasteiger partial charge in [-0.05, 0) is 107 Å². The van der Waals surface area contributed by atoms with E-state index in [1.54, 1.807) is 0 Å². The minimum absolute atomic E-state index is 0.535. The summed E-state index contributed by atoms with van der Waals surface area (Å²) < 4.78 is 4.46. The van der Waals surface area contributed by atoms with E-state index in [4.69, 9.17) is 0 Å². The van der Waals surface area contributed by atoms with Crippen molar-refractivity contribution >= 4 is 43.6 Å². The van der Waals surface area contributed by atoms with E-state index >= 15 is 0 Å². The summed E-state index contributed by atoms with van der Waals surface area (Å²) in [6.45, 7) is 0. The van der Waals surface area contributed by atoms with Crippen LogP contribution >= 0.6 is 0 Å². The molecule has 0 radical (unpaired) electrons. The van der Waals surface area contributed by atoms with Crippen LogP contribution in [0.4, 0.5) is 0 Å². The number of para-hydroxylation sites is 3. The number of hydrogen-bond acceptors (Lipinski definition) is 3. The second-order valence-corrected chi connectivity index (χ2v) is 12.4. The van der Waals surface area contributed by atoms with E-state index in [9.17, 15) is 15.8 Å². The molecule has 230 valence electrons. The zero-order valence-corrected chi connectivity index (χ0v) is 26.7. The first kappa shape index (κ1) is 28.8. The lowest BCUT2D eigenvalue weighted by molar-refractivity contribution is 1.17. The number of nitrogens with zero attached hydrogens (tertiary/aromatic N) is 5. The smallest absolute Gasteiger partial charge is 0.0992 e. The third kappa shape index (κ3) is 4.53. The molecule has 0 saturated carbocycles. The minimum Gasteiger partial charge on any atom is -0.309 e. The summed E-state index contributed by atoms with van der Waals surface area (Å²) in [5.74, 6) is 0. The molecule has 0 N–H and O–H groups in total. The molecule has 50 heavy (non-hydrogen) atoms. The van der Waals surface area contributed by atoms with Gasteiger partial charge >= 0.3 is 0 Å². The van der Waals surface area contributed by atoms with E-state index in [1.165, 1.54) is 10.8 Å². The first-order chi connectivity index (χ1) is 24.6. The predicted octanol–water partition coefficient (Wildman–Crippen LogP) is 10.8. The molecule has 0 aliphatic rings. The van der Waals surface area contributed by atoms with E-state index in [0.29, 0.717) is 16.7 Å². The largest absolute Gasteiger partial charge is 0.309 e. The molecule has 0 fully saturated rings. The van der Waals surface area contributed by atoms with E-state index < -0.39 is 0 Å². The molecule has 7 aromatic carbocycles. The average molecular weight is 636 g/mol. The highest BCUT2D eigenvalue weighted by Gasteiger charge is 2.17. The van der Waals surface area contributed by atoms with Gasteiger partial charge in [-0.3, -0.25) is 0 Å². The Morgan fingerprint density at radius 2 is 0.780 bits per heavy atom. The fourth-order valence-electron chi connectivity index (χ4n) is 7.33. The van der Waals surface area contributed by atoms with Gasteiger partial charge in [-0.1, -0.05) is 66.7 Å². The monoisotopic (exact) mass is 635 g/mol. The fraction of sp³-hybridized carbons (Fsp3) is 0. The van der Waals surface area contributed by atoms with Crippen LogP contribution in [0.1, 0.15) is 16.7 Å². The molecule has 0 aliphatic heterocycles. The van der Waals surface area contributed by atoms with Crippen molar-refractivity contribution in [2.24, 2.45) is 0 Å². The van der Waals surface area contributed by atoms with Crippen molar-refractivity contribution in [3.63, 3.8) is 0 Å². The van der Waals surface area contributed by atoms with Gasteiger partial charge in [0.15, 0.2) is 0 Å². The van der Waals surface area contributed by atoms with Gasteiger partial charge < -0.3 is 9.13 Å². The van der Waals surface area contributed by atoms with Crippen molar-refractivity contribution in [3.8, 4) is 51.8 Å². The molecule has 5 heteroatoms. The third-order valence-corrected chi connectivity index (χ3v) is 9.52. The summed E-state index contributed by atoms with van der Waals surface area (Å²) in [5, 5.41) is 34.1. The Morgan fingerprint density at radius 1 is 0.320 bits per heavy atom. The molecule has 0 aliphatic carbocycles. The van der Waals surface area contributed by atoms with Crippen LogP contribution in [-0.4, -0.2) is 9.13 Å². The number of nitriles is 3. The van der Waals surface area contributed by atoms with Crippen molar-refractivity contribution in [3.05, 3.63) is 168 Å². The molecule has 9 rings (SSSR count). The standard InChI is InChI=1S/C45H25N5/c46-26-29-8-7-9-32(18-29)34-22-35(25-37(24-34)50-42-13-4-1-10-38(42)39-11-2-5-14-43(39)50)33-19-31(28-48)20-36(23-33)49-44-15-6-3-12-40(44)41-21-30(27-47)16-17-45(41)49/h1-25H. The van der Waals surface area contributed by atoms with Gasteiger partial charge in [0.05, 0.1) is 57.0 Å². The van der Waals surface area contributed by atoms with Gasteiger partial charge in [0.2, 0.25) is 0 Å². The van der Waals surface area contributed by atoms with Crippen LogP contribution in [0.2, 0.25) is 0 Å². The first-order valence-corrected chi connectivity index (χ1v) is 16.3. The van der Waals surface area contributed by atoms with Crippen LogP contribution in [0.5, 0.6) is 0 Å². The normalized spacial score (nSPS) is 11.1. The quantitative estimate of drug-likeness (QED) is 0.193. The van der Waals surface area contributed by atoms with E-state index in [1.807, 2.05) is 66.7 Å². The lowest BCUT2D eigenvalue weighted by Crippen LogP contribution is -1.98. The molecule has 0 atom stereocenters. The molecular weight excluding hydrogens is 611 g/mol. The van der Waals surface area contributed by atoms with Crippen LogP contribution in [0.25, 0.3) is 77.2 Å². The molecule has 0 saturated heterocycles. The Balaban J connectivity index is 1.33. The lowest BCUT2D eigenvalue weighted by atomic mass is 9.95. The number of hydrogen-bond donors (Lipinski definition) is 0. The van der Waals surface area contributed by atoms with Crippen molar-refractivity contribution in [1.29, 1.82) is 15.8 Å². The second-order valence-electron chi connectivity index (χ2n) is 12.4. The summed E-state index contributed by atoms with van der Waals surface area (Å²) in [7, 11) is 0. The summed E-state index contributed by atoms with van der Waals surface area (Å²) in [4.78, 5) is 0. The van der Waals surface area contributed by atoms with Crippen LogP contribution in [0.15, 0.2) is 152 Å². The summed E-state index contributed by atoms with van der Waals surface area (Å²) in [6, 6.07) is 57.9. The molecule has 0 bridgehead atoms. The van der Waals surface area contributed by atoms with Gasteiger partial charge in [0.1, 0.15) is 0 Å². The number of aromatic nitrogens is 2. The Hall–Kier alpha value is -7.39. The van der Waals surface area contributed by atoms with Crippen molar-refractivity contribution in [2.75, 3.05) is 0 Å². The summed E-state index contributed by atoms with van der Waals surface area (Å²) in [5.41, 5.74) is 11.4. The summed E-state index contributed by atoms with van der Waals surface area (Å²) in [6.07, 6.45) is 0. The van der Waals surface area contributed by atoms with Gasteiger partial charge in [0, 0.05) is 32.9 Å². The second kappa shape index (κ2) is 11.4. The zero-order valence-electron chi connectivity index (χ0n) is 26.7. The molecule has 0 spiro atoms. The maximum atomic E-state index is 10.3. The van der Waals surface area contributed by atoms with Crippen LogP contribution in [-0.2, 0) is 0 Å². The van der Waals surface area contributed by atoms with E-state index in [-0.39, 0.29) is 0 Å². The number of fused-ring (bicyclic) bond motifs is 6. The highest BCUT2D eigenvalue weighted by molar-refractivity contribution is 6.10. The Bertz CT molecular complexity index is 2920. The van der Waals surface area contributed by atoms with Crippen LogP contribution in [0.3, 0.4) is 0 Å². The Labute approximate surface area is 287 Å². The van der Waals surface area contributed by atoms with Crippen molar-refractivity contribution in [1.82, 2.24) is 9.13 Å². The highest BCUT2D eigenvalue weighted by Crippen LogP contribution is 2.38. The maximum Gasteiger partial charge on any atom is 0.0992 e. The van der Waals surface area contributed by atoms with Gasteiger partial charge in [-0.15, -0.1) is 0 Å². The number of benzene rings is 7. The predicted molar refractivity (Wildman–Crippen MR) is 200 cm³/mol. The molecule has 5 nitrogen and oxygen atoms in total. The fourth-order valence-corrected chi connectivity index (χ4v) is 7.33. The molecular formula is C45H25N5. The minimum atomic E-state index is 0.535. The maximum absolute atomic E-state index is 10.3. The van der Waals surface area contributed by atoms with Crippen molar-refractivity contribution in [2.45, 2.75) is 0 Å². The lowest BCUT2D eigenvalue weighted by Gasteiger charge is -2.16. The average Bonchev–Trinajstić information content (AvgIpc) is 3.70. The van der Waals surface area contributed by atoms with Gasteiger partial charge in [-0.2, -0.15) is 15.8 Å². The molecule has 2 aromatic heterocycles. The van der Waals surface area contributed by atoms with Gasteiger partial charge in [0.25, 0.3) is 0 Å². The SMILES string of the molecule is N#Cc1cccc(-c2cc(-c3cc(C#N)cc(-n4c5ccccc5c5cc(C#N)ccc54)c3)cc(-n3c4ccccc4c4ccccc43)c2)c1. The van der Waals surface area contributed by atoms with Crippen LogP contribution in [0, 0.1) is 34.0 Å². The Kier molecular flexibility index (Phi) is 6.56. The van der Waals surface area contributed by atoms with E-state index in [2.05, 4.69) is 112 Å². The van der Waals surface area contributed by atoms with Crippen LogP contribution < -0.4 is 0 Å². The Morgan fingerprint density at radius 3 is 1.38 bits per heavy atom. The van der Waals surface area contributed by atoms with E-state index in [0.717, 1.165) is 66.5 Å². The topological polar surface area (TPSA) is 81.2 Å². The third-order valence-electron chi connectivity index (χ3n) is 9.52. The number of rotatable bonds is 4. The molecule has 2 heterocycles.